The first-order chi connectivity index (χ1) is 14.2. The van der Waals surface area contributed by atoms with Crippen LogP contribution in [0.1, 0.15) is 34.1 Å². The molecule has 1 atom stereocenters. The van der Waals surface area contributed by atoms with Crippen molar-refractivity contribution in [3.8, 4) is 11.5 Å². The average molecular weight is 440 g/mol. The van der Waals surface area contributed by atoms with Gasteiger partial charge >= 0.3 is 0 Å². The van der Waals surface area contributed by atoms with Crippen LogP contribution in [-0.2, 0) is 14.8 Å². The fourth-order valence-electron chi connectivity index (χ4n) is 3.67. The van der Waals surface area contributed by atoms with Gasteiger partial charge < -0.3 is 14.4 Å². The molecule has 1 amide bonds. The number of amides is 1. The molecule has 30 heavy (non-hydrogen) atoms. The van der Waals surface area contributed by atoms with E-state index in [0.29, 0.717) is 43.8 Å². The molecule has 1 N–H and O–H groups in total. The Balaban J connectivity index is 1.74. The van der Waals surface area contributed by atoms with Gasteiger partial charge in [0.15, 0.2) is 11.5 Å². The van der Waals surface area contributed by atoms with Gasteiger partial charge in [0.1, 0.15) is 6.04 Å². The Bertz CT molecular complexity index is 848. The molecule has 1 unspecified atom stereocenters. The van der Waals surface area contributed by atoms with Gasteiger partial charge in [-0.25, -0.2) is 8.42 Å². The summed E-state index contributed by atoms with van der Waals surface area (Å²) in [5, 5.41) is 0. The summed E-state index contributed by atoms with van der Waals surface area (Å²) in [6.07, 6.45) is 0.739. The summed E-state index contributed by atoms with van der Waals surface area (Å²) in [5.41, 5.74) is 0. The minimum atomic E-state index is -3.90. The highest BCUT2D eigenvalue weighted by Crippen LogP contribution is 2.32. The number of piperazine rings is 1. The maximum absolute atomic E-state index is 13.1. The average Bonchev–Trinajstić information content (AvgIpc) is 2.96. The zero-order valence-corrected chi connectivity index (χ0v) is 19.1. The number of ether oxygens (including phenoxy) is 2. The number of rotatable bonds is 6. The summed E-state index contributed by atoms with van der Waals surface area (Å²) in [4.78, 5) is 17.3. The summed E-state index contributed by atoms with van der Waals surface area (Å²) in [6, 6.07) is 4.16. The van der Waals surface area contributed by atoms with Crippen molar-refractivity contribution in [2.24, 2.45) is 5.92 Å². The van der Waals surface area contributed by atoms with Crippen LogP contribution >= 0.6 is 0 Å². The van der Waals surface area contributed by atoms with Gasteiger partial charge in [-0.15, -0.1) is 0 Å². The Morgan fingerprint density at radius 3 is 2.23 bits per heavy atom. The van der Waals surface area contributed by atoms with Crippen LogP contribution in [0.5, 0.6) is 11.5 Å². The highest BCUT2D eigenvalue weighted by molar-refractivity contribution is 7.89. The molecule has 0 saturated carbocycles. The quantitative estimate of drug-likeness (QED) is 0.726. The second-order valence-corrected chi connectivity index (χ2v) is 10.2. The number of carbonyl (C=O) groups is 1. The van der Waals surface area contributed by atoms with Crippen molar-refractivity contribution < 1.29 is 22.7 Å². The number of carbonyl (C=O) groups excluding carboxylic acids is 1. The van der Waals surface area contributed by atoms with Crippen molar-refractivity contribution in [1.29, 1.82) is 0 Å². The minimum Gasteiger partial charge on any atom is -0.490 e. The molecule has 168 valence electrons. The lowest BCUT2D eigenvalue weighted by atomic mass is 10.0. The second-order valence-electron chi connectivity index (χ2n) is 8.46. The largest absolute Gasteiger partial charge is 0.490 e. The molecule has 0 bridgehead atoms. The normalized spacial score (nSPS) is 19.1. The molecule has 2 heterocycles. The third-order valence-electron chi connectivity index (χ3n) is 5.60. The third kappa shape index (κ3) is 5.25. The van der Waals surface area contributed by atoms with Gasteiger partial charge in [0, 0.05) is 44.7 Å². The molecule has 2 aliphatic rings. The van der Waals surface area contributed by atoms with E-state index >= 15 is 0 Å². The van der Waals surface area contributed by atoms with E-state index in [4.69, 9.17) is 9.47 Å². The molecule has 8 nitrogen and oxygen atoms in total. The lowest BCUT2D eigenvalue weighted by Gasteiger charge is -2.38. The molecule has 1 fully saturated rings. The van der Waals surface area contributed by atoms with Crippen molar-refractivity contribution in [1.82, 2.24) is 14.5 Å². The van der Waals surface area contributed by atoms with Crippen LogP contribution < -0.4 is 14.2 Å². The van der Waals surface area contributed by atoms with E-state index in [1.807, 2.05) is 13.8 Å². The second kappa shape index (κ2) is 9.53. The maximum atomic E-state index is 13.1. The van der Waals surface area contributed by atoms with Gasteiger partial charge in [-0.1, -0.05) is 13.8 Å². The Labute approximate surface area is 179 Å². The van der Waals surface area contributed by atoms with Crippen LogP contribution in [0, 0.1) is 5.92 Å². The first kappa shape index (κ1) is 22.8. The van der Waals surface area contributed by atoms with Crippen LogP contribution in [0.25, 0.3) is 0 Å². The summed E-state index contributed by atoms with van der Waals surface area (Å²) in [6.45, 7) is 11.8. The van der Waals surface area contributed by atoms with E-state index in [9.17, 15) is 13.2 Å². The van der Waals surface area contributed by atoms with Crippen molar-refractivity contribution in [2.75, 3.05) is 39.4 Å². The summed E-state index contributed by atoms with van der Waals surface area (Å²) < 4.78 is 39.9. The lowest BCUT2D eigenvalue weighted by molar-refractivity contribution is -0.136. The predicted octanol–water partition coefficient (Wildman–Crippen LogP) is 1.70. The van der Waals surface area contributed by atoms with Crippen molar-refractivity contribution in [3.05, 3.63) is 18.2 Å². The predicted molar refractivity (Wildman–Crippen MR) is 114 cm³/mol. The van der Waals surface area contributed by atoms with Crippen molar-refractivity contribution >= 4 is 15.9 Å². The van der Waals surface area contributed by atoms with E-state index in [0.717, 1.165) is 19.5 Å². The van der Waals surface area contributed by atoms with Gasteiger partial charge in [0.25, 0.3) is 0 Å². The number of fused-ring (bicyclic) bond motifs is 1. The molecule has 1 aromatic carbocycles. The van der Waals surface area contributed by atoms with E-state index in [2.05, 4.69) is 23.5 Å². The first-order valence-electron chi connectivity index (χ1n) is 10.6. The molecular weight excluding hydrogens is 406 g/mol. The van der Waals surface area contributed by atoms with Gasteiger partial charge in [-0.2, -0.15) is 4.72 Å². The molecule has 0 spiro atoms. The molecule has 9 heteroatoms. The van der Waals surface area contributed by atoms with E-state index < -0.39 is 16.1 Å². The Morgan fingerprint density at radius 1 is 1.00 bits per heavy atom. The number of hydrogen-bond acceptors (Lipinski definition) is 6. The zero-order valence-electron chi connectivity index (χ0n) is 18.3. The van der Waals surface area contributed by atoms with Gasteiger partial charge in [-0.3, -0.25) is 9.69 Å². The zero-order chi connectivity index (χ0) is 21.9. The summed E-state index contributed by atoms with van der Waals surface area (Å²) in [5.74, 6) is 0.584. The summed E-state index contributed by atoms with van der Waals surface area (Å²) >= 11 is 0. The minimum absolute atomic E-state index is 0.0647. The van der Waals surface area contributed by atoms with Crippen LogP contribution in [0.15, 0.2) is 23.1 Å². The number of hydrogen-bond donors (Lipinski definition) is 1. The Morgan fingerprint density at radius 2 is 1.63 bits per heavy atom. The number of nitrogens with one attached hydrogen (secondary N) is 1. The fourth-order valence-corrected chi connectivity index (χ4v) is 5.03. The Kier molecular flexibility index (Phi) is 7.26. The molecule has 0 aromatic heterocycles. The topological polar surface area (TPSA) is 88.2 Å². The highest BCUT2D eigenvalue weighted by Gasteiger charge is 2.33. The molecular formula is C21H33N3O5S. The van der Waals surface area contributed by atoms with Crippen LogP contribution in [0.3, 0.4) is 0 Å². The molecule has 0 radical (unpaired) electrons. The van der Waals surface area contributed by atoms with Gasteiger partial charge in [0.05, 0.1) is 18.1 Å². The van der Waals surface area contributed by atoms with Crippen LogP contribution in [0.4, 0.5) is 0 Å². The first-order valence-corrected chi connectivity index (χ1v) is 12.1. The SMILES string of the molecule is CC(C)C(NS(=O)(=O)c1ccc2c(c1)OCCCO2)C(=O)N1CCN(C(C)C)CC1. The number of sulfonamides is 1. The third-order valence-corrected chi connectivity index (χ3v) is 7.04. The van der Waals surface area contributed by atoms with E-state index in [-0.39, 0.29) is 16.7 Å². The maximum Gasteiger partial charge on any atom is 0.241 e. The monoisotopic (exact) mass is 439 g/mol. The summed E-state index contributed by atoms with van der Waals surface area (Å²) in [7, 11) is -3.90. The van der Waals surface area contributed by atoms with Crippen LogP contribution in [0.2, 0.25) is 0 Å². The standard InChI is InChI=1S/C21H33N3O5S/c1-15(2)20(21(25)24-10-8-23(9-11-24)16(3)4)22-30(26,27)17-6-7-18-19(14-17)29-13-5-12-28-18/h6-7,14-16,20,22H,5,8-13H2,1-4H3. The van der Waals surface area contributed by atoms with Crippen molar-refractivity contribution in [3.63, 3.8) is 0 Å². The molecule has 0 aliphatic carbocycles. The molecule has 3 rings (SSSR count). The lowest BCUT2D eigenvalue weighted by Crippen LogP contribution is -2.57. The molecule has 1 saturated heterocycles. The van der Waals surface area contributed by atoms with Gasteiger partial charge in [0.2, 0.25) is 15.9 Å². The Hall–Kier alpha value is -1.84. The van der Waals surface area contributed by atoms with Crippen molar-refractivity contribution in [2.45, 2.75) is 51.1 Å². The van der Waals surface area contributed by atoms with E-state index in [1.165, 1.54) is 12.1 Å². The molecule has 1 aromatic rings. The molecule has 2 aliphatic heterocycles. The number of nitrogens with zero attached hydrogens (tertiary/aromatic N) is 2. The smallest absolute Gasteiger partial charge is 0.241 e. The van der Waals surface area contributed by atoms with Gasteiger partial charge in [-0.05, 0) is 31.9 Å². The number of benzene rings is 1. The van der Waals surface area contributed by atoms with E-state index in [1.54, 1.807) is 11.0 Å². The van der Waals surface area contributed by atoms with Crippen LogP contribution in [-0.4, -0.2) is 75.6 Å². The highest BCUT2D eigenvalue weighted by atomic mass is 32.2. The fraction of sp³-hybridized carbons (Fsp3) is 0.667.